The van der Waals surface area contributed by atoms with E-state index in [-0.39, 0.29) is 0 Å². The molecule has 0 aromatic carbocycles. The lowest BCUT2D eigenvalue weighted by Gasteiger charge is -2.25. The molecule has 0 aliphatic carbocycles. The molecule has 7 heteroatoms. The van der Waals surface area contributed by atoms with Crippen molar-refractivity contribution in [3.63, 3.8) is 0 Å². The molecule has 1 aromatic heterocycles. The molecule has 96 valence electrons. The molecule has 0 radical (unpaired) electrons. The van der Waals surface area contributed by atoms with Crippen LogP contribution in [0.5, 0.6) is 0 Å². The minimum atomic E-state index is 0.869. The number of hydrogen-bond acceptors (Lipinski definition) is 7. The topological polar surface area (TPSA) is 41.5 Å². The van der Waals surface area contributed by atoms with E-state index < -0.39 is 0 Å². The summed E-state index contributed by atoms with van der Waals surface area (Å²) in [6, 6.07) is 0. The van der Waals surface area contributed by atoms with Gasteiger partial charge >= 0.3 is 0 Å². The van der Waals surface area contributed by atoms with Crippen molar-refractivity contribution in [3.8, 4) is 0 Å². The summed E-state index contributed by atoms with van der Waals surface area (Å²) in [5, 5.41) is 9.26. The molecule has 1 aliphatic heterocycles. The second kappa shape index (κ2) is 6.53. The van der Waals surface area contributed by atoms with Gasteiger partial charge in [-0.15, -0.1) is 10.2 Å². The van der Waals surface area contributed by atoms with E-state index in [2.05, 4.69) is 15.1 Å². The smallest absolute Gasteiger partial charge is 0.208 e. The molecule has 0 bridgehead atoms. The highest BCUT2D eigenvalue weighted by molar-refractivity contribution is 8.01. The average Bonchev–Trinajstić information content (AvgIpc) is 2.79. The fraction of sp³-hybridized carbons (Fsp3) is 0.800. The van der Waals surface area contributed by atoms with Gasteiger partial charge in [0, 0.05) is 39.5 Å². The molecule has 0 saturated carbocycles. The van der Waals surface area contributed by atoms with E-state index in [0.29, 0.717) is 0 Å². The number of morpholine rings is 1. The number of hydrogen-bond donors (Lipinski definition) is 0. The molecule has 0 spiro atoms. The van der Waals surface area contributed by atoms with Crippen LogP contribution in [0.3, 0.4) is 0 Å². The summed E-state index contributed by atoms with van der Waals surface area (Å²) in [4.78, 5) is 4.42. The molecule has 17 heavy (non-hydrogen) atoms. The molecule has 0 N–H and O–H groups in total. The van der Waals surface area contributed by atoms with Crippen molar-refractivity contribution < 1.29 is 4.74 Å². The second-order valence-corrected chi connectivity index (χ2v) is 6.35. The largest absolute Gasteiger partial charge is 0.379 e. The number of ether oxygens (including phenoxy) is 1. The SMILES string of the molecule is CN(C)c1nnc(SCCN2CCOCC2)s1. The average molecular weight is 274 g/mol. The van der Waals surface area contributed by atoms with Crippen molar-refractivity contribution in [2.24, 2.45) is 0 Å². The fourth-order valence-corrected chi connectivity index (χ4v) is 3.36. The molecular weight excluding hydrogens is 256 g/mol. The van der Waals surface area contributed by atoms with E-state index in [4.69, 9.17) is 4.74 Å². The summed E-state index contributed by atoms with van der Waals surface area (Å²) < 4.78 is 6.38. The zero-order chi connectivity index (χ0) is 12.1. The van der Waals surface area contributed by atoms with Gasteiger partial charge in [0.25, 0.3) is 0 Å². The summed E-state index contributed by atoms with van der Waals surface area (Å²) in [6.45, 7) is 4.95. The fourth-order valence-electron chi connectivity index (χ4n) is 1.53. The Kier molecular flexibility index (Phi) is 5.02. The molecule has 0 amide bonds. The molecule has 2 rings (SSSR count). The highest BCUT2D eigenvalue weighted by Gasteiger charge is 2.11. The van der Waals surface area contributed by atoms with E-state index in [1.165, 1.54) is 0 Å². The maximum Gasteiger partial charge on any atom is 0.208 e. The minimum Gasteiger partial charge on any atom is -0.379 e. The van der Waals surface area contributed by atoms with Crippen molar-refractivity contribution >= 4 is 28.2 Å². The first kappa shape index (κ1) is 13.1. The van der Waals surface area contributed by atoms with Gasteiger partial charge in [-0.3, -0.25) is 4.90 Å². The number of rotatable bonds is 5. The van der Waals surface area contributed by atoms with Crippen LogP contribution in [-0.2, 0) is 4.74 Å². The first-order valence-corrected chi connectivity index (χ1v) is 7.49. The highest BCUT2D eigenvalue weighted by Crippen LogP contribution is 2.26. The van der Waals surface area contributed by atoms with E-state index in [1.54, 1.807) is 23.1 Å². The van der Waals surface area contributed by atoms with Crippen LogP contribution in [0.1, 0.15) is 0 Å². The summed E-state index contributed by atoms with van der Waals surface area (Å²) in [6.07, 6.45) is 0. The molecule has 1 aromatic rings. The minimum absolute atomic E-state index is 0.869. The van der Waals surface area contributed by atoms with Crippen molar-refractivity contribution in [2.75, 3.05) is 57.6 Å². The van der Waals surface area contributed by atoms with Gasteiger partial charge in [-0.25, -0.2) is 0 Å². The van der Waals surface area contributed by atoms with Gasteiger partial charge in [0.05, 0.1) is 13.2 Å². The van der Waals surface area contributed by atoms with Crippen LogP contribution in [0.2, 0.25) is 0 Å². The number of thioether (sulfide) groups is 1. The van der Waals surface area contributed by atoms with Crippen molar-refractivity contribution in [3.05, 3.63) is 0 Å². The molecule has 2 heterocycles. The number of nitrogens with zero attached hydrogens (tertiary/aromatic N) is 4. The van der Waals surface area contributed by atoms with Crippen LogP contribution in [0.25, 0.3) is 0 Å². The zero-order valence-corrected chi connectivity index (χ0v) is 11.9. The van der Waals surface area contributed by atoms with Crippen LogP contribution in [0, 0.1) is 0 Å². The number of aromatic nitrogens is 2. The van der Waals surface area contributed by atoms with Crippen LogP contribution in [-0.4, -0.2) is 67.8 Å². The predicted molar refractivity (Wildman–Crippen MR) is 72.2 cm³/mol. The molecule has 0 unspecified atom stereocenters. The lowest BCUT2D eigenvalue weighted by molar-refractivity contribution is 0.0410. The predicted octanol–water partition coefficient (Wildman–Crippen LogP) is 1.03. The Bertz CT molecular complexity index is 339. The third-order valence-electron chi connectivity index (χ3n) is 2.52. The van der Waals surface area contributed by atoms with Gasteiger partial charge in [0.2, 0.25) is 5.13 Å². The first-order valence-electron chi connectivity index (χ1n) is 5.69. The van der Waals surface area contributed by atoms with Gasteiger partial charge in [0.1, 0.15) is 0 Å². The van der Waals surface area contributed by atoms with Crippen molar-refractivity contribution in [1.82, 2.24) is 15.1 Å². The summed E-state index contributed by atoms with van der Waals surface area (Å²) in [7, 11) is 3.98. The zero-order valence-electron chi connectivity index (χ0n) is 10.3. The van der Waals surface area contributed by atoms with Crippen molar-refractivity contribution in [2.45, 2.75) is 4.34 Å². The molecular formula is C10H18N4OS2. The normalized spacial score (nSPS) is 17.3. The van der Waals surface area contributed by atoms with Gasteiger partial charge in [-0.05, 0) is 0 Å². The molecule has 1 aliphatic rings. The standard InChI is InChI=1S/C10H18N4OS2/c1-13(2)9-11-12-10(17-9)16-8-5-14-3-6-15-7-4-14/h3-8H2,1-2H3. The molecule has 5 nitrogen and oxygen atoms in total. The maximum absolute atomic E-state index is 5.32. The lowest BCUT2D eigenvalue weighted by atomic mass is 10.4. The van der Waals surface area contributed by atoms with E-state index in [9.17, 15) is 0 Å². The quantitative estimate of drug-likeness (QED) is 0.747. The summed E-state index contributed by atoms with van der Waals surface area (Å²) in [5.74, 6) is 1.07. The first-order chi connectivity index (χ1) is 8.25. The third kappa shape index (κ3) is 4.09. The van der Waals surface area contributed by atoms with E-state index >= 15 is 0 Å². The van der Waals surface area contributed by atoms with Gasteiger partial charge in [0.15, 0.2) is 4.34 Å². The Hall–Kier alpha value is -0.370. The Labute approximate surface area is 110 Å². The van der Waals surface area contributed by atoms with Crippen LogP contribution >= 0.6 is 23.1 Å². The van der Waals surface area contributed by atoms with Gasteiger partial charge in [-0.1, -0.05) is 23.1 Å². The van der Waals surface area contributed by atoms with E-state index in [0.717, 1.165) is 48.1 Å². The Balaban J connectivity index is 1.70. The molecule has 1 fully saturated rings. The molecule has 0 atom stereocenters. The monoisotopic (exact) mass is 274 g/mol. The second-order valence-electron chi connectivity index (χ2n) is 4.05. The van der Waals surface area contributed by atoms with Crippen molar-refractivity contribution in [1.29, 1.82) is 0 Å². The Morgan fingerprint density at radius 3 is 2.76 bits per heavy atom. The Morgan fingerprint density at radius 2 is 2.12 bits per heavy atom. The van der Waals surface area contributed by atoms with Gasteiger partial charge < -0.3 is 9.64 Å². The maximum atomic E-state index is 5.32. The summed E-state index contributed by atoms with van der Waals surface area (Å²) >= 11 is 3.44. The number of anilines is 1. The molecule has 1 saturated heterocycles. The summed E-state index contributed by atoms with van der Waals surface area (Å²) in [5.41, 5.74) is 0. The van der Waals surface area contributed by atoms with Gasteiger partial charge in [-0.2, -0.15) is 0 Å². The van der Waals surface area contributed by atoms with E-state index in [1.807, 2.05) is 19.0 Å². The van der Waals surface area contributed by atoms with Crippen LogP contribution in [0.15, 0.2) is 4.34 Å². The lowest BCUT2D eigenvalue weighted by Crippen LogP contribution is -2.37. The third-order valence-corrected chi connectivity index (χ3v) is 4.72. The van der Waals surface area contributed by atoms with Crippen LogP contribution < -0.4 is 4.90 Å². The van der Waals surface area contributed by atoms with Crippen LogP contribution in [0.4, 0.5) is 5.13 Å². The highest BCUT2D eigenvalue weighted by atomic mass is 32.2. The Morgan fingerprint density at radius 1 is 1.35 bits per heavy atom.